The Labute approximate surface area is 95.7 Å². The summed E-state index contributed by atoms with van der Waals surface area (Å²) >= 11 is 0. The summed E-state index contributed by atoms with van der Waals surface area (Å²) in [4.78, 5) is 19.5. The van der Waals surface area contributed by atoms with Crippen LogP contribution < -0.4 is 4.74 Å². The maximum atomic E-state index is 10.7. The lowest BCUT2D eigenvalue weighted by molar-refractivity contribution is -0.395. The molecule has 0 bridgehead atoms. The fourth-order valence-corrected chi connectivity index (χ4v) is 1.18. The molecule has 0 heterocycles. The quantitative estimate of drug-likeness (QED) is 0.637. The first-order valence-electron chi connectivity index (χ1n) is 4.65. The first kappa shape index (κ1) is 12.7. The van der Waals surface area contributed by atoms with E-state index in [4.69, 9.17) is 4.74 Å². The molecule has 17 heavy (non-hydrogen) atoms. The molecule has 0 saturated carbocycles. The summed E-state index contributed by atoms with van der Waals surface area (Å²) in [7, 11) is 0. The van der Waals surface area contributed by atoms with Crippen LogP contribution in [0.1, 0.15) is 13.8 Å². The second-order valence-corrected chi connectivity index (χ2v) is 3.49. The lowest BCUT2D eigenvalue weighted by Gasteiger charge is -2.10. The standard InChI is InChI=1S/C9H10N2O6/c1-5(2)17-9-4-8(12)6(10(13)14)3-7(9)11(15)16/h3-5,12H,1-2H3. The molecule has 0 saturated heterocycles. The topological polar surface area (TPSA) is 116 Å². The van der Waals surface area contributed by atoms with Gasteiger partial charge in [0.2, 0.25) is 5.75 Å². The highest BCUT2D eigenvalue weighted by Crippen LogP contribution is 2.38. The molecular weight excluding hydrogens is 232 g/mol. The van der Waals surface area contributed by atoms with Crippen molar-refractivity contribution in [3.63, 3.8) is 0 Å². The average molecular weight is 242 g/mol. The molecule has 1 N–H and O–H groups in total. The third kappa shape index (κ3) is 2.80. The molecule has 92 valence electrons. The fraction of sp³-hybridized carbons (Fsp3) is 0.333. The normalized spacial score (nSPS) is 10.3. The van der Waals surface area contributed by atoms with E-state index in [1.165, 1.54) is 0 Å². The minimum atomic E-state index is -0.901. The van der Waals surface area contributed by atoms with Crippen LogP contribution in [-0.2, 0) is 0 Å². The highest BCUT2D eigenvalue weighted by Gasteiger charge is 2.25. The highest BCUT2D eigenvalue weighted by atomic mass is 16.6. The van der Waals surface area contributed by atoms with Gasteiger partial charge >= 0.3 is 11.4 Å². The van der Waals surface area contributed by atoms with Crippen molar-refractivity contribution in [3.8, 4) is 11.5 Å². The Morgan fingerprint density at radius 2 is 1.71 bits per heavy atom. The first-order valence-corrected chi connectivity index (χ1v) is 4.65. The number of phenolic OH excluding ortho intramolecular Hbond substituents is 1. The zero-order chi connectivity index (χ0) is 13.2. The Morgan fingerprint density at radius 1 is 1.18 bits per heavy atom. The van der Waals surface area contributed by atoms with Crippen molar-refractivity contribution in [2.45, 2.75) is 20.0 Å². The van der Waals surface area contributed by atoms with Crippen LogP contribution in [0, 0.1) is 20.2 Å². The van der Waals surface area contributed by atoms with Crippen molar-refractivity contribution in [2.24, 2.45) is 0 Å². The number of nitrogens with zero attached hydrogens (tertiary/aromatic N) is 2. The lowest BCUT2D eigenvalue weighted by atomic mass is 10.2. The van der Waals surface area contributed by atoms with E-state index < -0.39 is 27.0 Å². The van der Waals surface area contributed by atoms with Crippen LogP contribution in [0.15, 0.2) is 12.1 Å². The molecule has 0 fully saturated rings. The maximum Gasteiger partial charge on any atom is 0.318 e. The van der Waals surface area contributed by atoms with E-state index in [2.05, 4.69) is 0 Å². The van der Waals surface area contributed by atoms with E-state index >= 15 is 0 Å². The Bertz CT molecular complexity index is 471. The summed E-state index contributed by atoms with van der Waals surface area (Å²) in [5.41, 5.74) is -1.28. The first-order chi connectivity index (χ1) is 7.82. The smallest absolute Gasteiger partial charge is 0.318 e. The van der Waals surface area contributed by atoms with Crippen LogP contribution in [0.2, 0.25) is 0 Å². The summed E-state index contributed by atoms with van der Waals surface area (Å²) < 4.78 is 5.10. The monoisotopic (exact) mass is 242 g/mol. The van der Waals surface area contributed by atoms with Gasteiger partial charge in [-0.25, -0.2) is 0 Å². The third-order valence-electron chi connectivity index (χ3n) is 1.81. The molecule has 0 aliphatic heterocycles. The molecule has 0 unspecified atom stereocenters. The predicted molar refractivity (Wildman–Crippen MR) is 57.2 cm³/mol. The molecule has 8 heteroatoms. The van der Waals surface area contributed by atoms with Gasteiger partial charge in [-0.1, -0.05) is 0 Å². The van der Waals surface area contributed by atoms with Gasteiger partial charge in [-0.2, -0.15) is 0 Å². The van der Waals surface area contributed by atoms with Gasteiger partial charge in [-0.15, -0.1) is 0 Å². The van der Waals surface area contributed by atoms with E-state index in [1.54, 1.807) is 13.8 Å². The SMILES string of the molecule is CC(C)Oc1cc(O)c([N+](=O)[O-])cc1[N+](=O)[O-]. The van der Waals surface area contributed by atoms with Crippen molar-refractivity contribution in [3.05, 3.63) is 32.4 Å². The van der Waals surface area contributed by atoms with Gasteiger partial charge in [0.1, 0.15) is 6.07 Å². The summed E-state index contributed by atoms with van der Waals surface area (Å²) in [5, 5.41) is 30.6. The van der Waals surface area contributed by atoms with Crippen LogP contribution in [-0.4, -0.2) is 21.1 Å². The number of benzene rings is 1. The third-order valence-corrected chi connectivity index (χ3v) is 1.81. The van der Waals surface area contributed by atoms with E-state index in [0.717, 1.165) is 6.07 Å². The molecule has 0 aliphatic rings. The van der Waals surface area contributed by atoms with Gasteiger partial charge in [-0.3, -0.25) is 20.2 Å². The van der Waals surface area contributed by atoms with Gasteiger partial charge in [-0.05, 0) is 13.8 Å². The number of hydrogen-bond donors (Lipinski definition) is 1. The molecule has 0 radical (unpaired) electrons. The number of aromatic hydroxyl groups is 1. The number of nitro benzene ring substituents is 2. The zero-order valence-corrected chi connectivity index (χ0v) is 9.11. The molecule has 1 rings (SSSR count). The van der Waals surface area contributed by atoms with Gasteiger partial charge in [0, 0.05) is 6.07 Å². The van der Waals surface area contributed by atoms with E-state index in [-0.39, 0.29) is 11.9 Å². The van der Waals surface area contributed by atoms with Crippen LogP contribution in [0.4, 0.5) is 11.4 Å². The number of phenols is 1. The maximum absolute atomic E-state index is 10.7. The van der Waals surface area contributed by atoms with Crippen LogP contribution >= 0.6 is 0 Å². The highest BCUT2D eigenvalue weighted by molar-refractivity contribution is 5.60. The summed E-state index contributed by atoms with van der Waals surface area (Å²) in [6.07, 6.45) is -0.352. The van der Waals surface area contributed by atoms with Crippen LogP contribution in [0.3, 0.4) is 0 Å². The summed E-state index contributed by atoms with van der Waals surface area (Å²) in [5.74, 6) is -0.871. The van der Waals surface area contributed by atoms with E-state index in [9.17, 15) is 25.3 Å². The van der Waals surface area contributed by atoms with E-state index in [0.29, 0.717) is 6.07 Å². The second kappa shape index (κ2) is 4.64. The van der Waals surface area contributed by atoms with Crippen molar-refractivity contribution in [2.75, 3.05) is 0 Å². The number of ether oxygens (including phenoxy) is 1. The molecule has 0 amide bonds. The van der Waals surface area contributed by atoms with Gasteiger partial charge in [0.25, 0.3) is 0 Å². The van der Waals surface area contributed by atoms with Crippen molar-refractivity contribution in [1.82, 2.24) is 0 Å². The molecule has 8 nitrogen and oxygen atoms in total. The number of nitro groups is 2. The van der Waals surface area contributed by atoms with Crippen LogP contribution in [0.25, 0.3) is 0 Å². The largest absolute Gasteiger partial charge is 0.502 e. The summed E-state index contributed by atoms with van der Waals surface area (Å²) in [6, 6.07) is 1.54. The molecule has 0 aliphatic carbocycles. The molecule has 0 aromatic heterocycles. The number of hydrogen-bond acceptors (Lipinski definition) is 6. The molecule has 0 spiro atoms. The van der Waals surface area contributed by atoms with Gasteiger partial charge in [0.15, 0.2) is 5.75 Å². The Kier molecular flexibility index (Phi) is 3.46. The molecular formula is C9H10N2O6. The van der Waals surface area contributed by atoms with Gasteiger partial charge in [0.05, 0.1) is 16.0 Å². The second-order valence-electron chi connectivity index (χ2n) is 3.49. The Balaban J connectivity index is 3.35. The summed E-state index contributed by atoms with van der Waals surface area (Å²) in [6.45, 7) is 3.28. The Morgan fingerprint density at radius 3 is 2.12 bits per heavy atom. The van der Waals surface area contributed by atoms with Crippen molar-refractivity contribution in [1.29, 1.82) is 0 Å². The average Bonchev–Trinajstić information content (AvgIpc) is 2.15. The van der Waals surface area contributed by atoms with Crippen LogP contribution in [0.5, 0.6) is 11.5 Å². The zero-order valence-electron chi connectivity index (χ0n) is 9.11. The minimum absolute atomic E-state index is 0.201. The predicted octanol–water partition coefficient (Wildman–Crippen LogP) is 2.00. The fourth-order valence-electron chi connectivity index (χ4n) is 1.18. The molecule has 1 aromatic rings. The molecule has 1 aromatic carbocycles. The van der Waals surface area contributed by atoms with Crippen molar-refractivity contribution < 1.29 is 19.7 Å². The minimum Gasteiger partial charge on any atom is -0.502 e. The number of rotatable bonds is 4. The van der Waals surface area contributed by atoms with Crippen molar-refractivity contribution >= 4 is 11.4 Å². The van der Waals surface area contributed by atoms with Gasteiger partial charge < -0.3 is 9.84 Å². The lowest BCUT2D eigenvalue weighted by Crippen LogP contribution is -2.07. The molecule has 0 atom stereocenters. The Hall–Kier alpha value is -2.38. The van der Waals surface area contributed by atoms with E-state index in [1.807, 2.05) is 0 Å².